The molecule has 0 amide bonds. The minimum Gasteiger partial charge on any atom is -0.508 e. The van der Waals surface area contributed by atoms with Crippen LogP contribution in [0.5, 0.6) is 5.75 Å². The Labute approximate surface area is 165 Å². The number of carbonyl (C=O) groups is 1. The third-order valence-electron chi connectivity index (χ3n) is 9.56. The van der Waals surface area contributed by atoms with Gasteiger partial charge in [0.25, 0.3) is 0 Å². The number of benzene rings is 1. The van der Waals surface area contributed by atoms with Gasteiger partial charge in [-0.3, -0.25) is 4.79 Å². The van der Waals surface area contributed by atoms with Gasteiger partial charge < -0.3 is 10.0 Å². The zero-order chi connectivity index (χ0) is 19.4. The Morgan fingerprint density at radius 3 is 2.74 bits per heavy atom. The maximum atomic E-state index is 12.7. The van der Waals surface area contributed by atoms with Gasteiger partial charge in [-0.2, -0.15) is 0 Å². The summed E-state index contributed by atoms with van der Waals surface area (Å²) in [6.45, 7) is 7.44. The topological polar surface area (TPSA) is 40.5 Å². The molecular formula is C23H32NO2P. The van der Waals surface area contributed by atoms with Crippen molar-refractivity contribution in [3.63, 3.8) is 0 Å². The van der Waals surface area contributed by atoms with Gasteiger partial charge in [0.1, 0.15) is 11.5 Å². The number of carbonyl (C=O) groups excluding carboxylic acids is 1. The highest BCUT2D eigenvalue weighted by atomic mass is 31.0. The van der Waals surface area contributed by atoms with Crippen molar-refractivity contribution in [2.24, 2.45) is 17.3 Å². The molecule has 1 aromatic carbocycles. The van der Waals surface area contributed by atoms with E-state index in [1.54, 1.807) is 6.92 Å². The van der Waals surface area contributed by atoms with Crippen LogP contribution in [0.1, 0.15) is 56.2 Å². The van der Waals surface area contributed by atoms with Crippen LogP contribution in [0.2, 0.25) is 0 Å². The molecule has 5 aliphatic rings. The van der Waals surface area contributed by atoms with Crippen LogP contribution in [0.3, 0.4) is 0 Å². The predicted molar refractivity (Wildman–Crippen MR) is 111 cm³/mol. The van der Waals surface area contributed by atoms with Crippen molar-refractivity contribution in [3.05, 3.63) is 28.8 Å². The second kappa shape index (κ2) is 5.36. The molecule has 1 heterocycles. The van der Waals surface area contributed by atoms with Crippen LogP contribution in [0.25, 0.3) is 0 Å². The highest BCUT2D eigenvalue weighted by molar-refractivity contribution is 7.19. The number of likely N-dealkylation sites (tertiary alicyclic amines) is 1. The molecule has 3 saturated carbocycles. The standard InChI is InChI=1S/C23H32NO2P/c1-13-18(26)6-5-16-11-19-21-7-8-23(27,17(12-21)14(2)25)15(3)22(21,20(13)16)9-10-24(19)4/h5-6,15,17,19,26H,7-12,27H2,1-4H3. The van der Waals surface area contributed by atoms with E-state index in [1.165, 1.54) is 17.5 Å². The Hall–Kier alpha value is -0.920. The first-order valence-corrected chi connectivity index (χ1v) is 11.1. The van der Waals surface area contributed by atoms with E-state index in [1.807, 2.05) is 6.07 Å². The van der Waals surface area contributed by atoms with Gasteiger partial charge in [-0.25, -0.2) is 0 Å². The summed E-state index contributed by atoms with van der Waals surface area (Å²) >= 11 is 0. The first kappa shape index (κ1) is 18.1. The summed E-state index contributed by atoms with van der Waals surface area (Å²) in [4.78, 5) is 15.3. The molecule has 4 heteroatoms. The molecule has 1 aliphatic heterocycles. The lowest BCUT2D eigenvalue weighted by Gasteiger charge is -2.76. The summed E-state index contributed by atoms with van der Waals surface area (Å²) in [5.41, 5.74) is 4.18. The molecular weight excluding hydrogens is 353 g/mol. The van der Waals surface area contributed by atoms with E-state index in [9.17, 15) is 9.90 Å². The highest BCUT2D eigenvalue weighted by Crippen LogP contribution is 2.75. The molecule has 0 aromatic heterocycles. The van der Waals surface area contributed by atoms with Gasteiger partial charge in [0.05, 0.1) is 0 Å². The molecule has 4 aliphatic carbocycles. The third-order valence-corrected chi connectivity index (χ3v) is 10.7. The fraction of sp³-hybridized carbons (Fsp3) is 0.696. The van der Waals surface area contributed by atoms with E-state index < -0.39 is 0 Å². The second-order valence-corrected chi connectivity index (χ2v) is 11.1. The molecule has 1 N–H and O–H groups in total. The normalized spacial score (nSPS) is 45.3. The maximum absolute atomic E-state index is 12.7. The van der Waals surface area contributed by atoms with Gasteiger partial charge in [0, 0.05) is 17.4 Å². The Balaban J connectivity index is 1.84. The number of likely N-dealkylation sites (N-methyl/N-ethyl adjacent to an activating group) is 1. The number of hydrogen-bond donors (Lipinski definition) is 1. The SMILES string of the molecule is CC(=O)C1CC23CCC1(P)C(C)C21CCN(C)C3Cc2ccc(O)c(C)c21. The molecule has 0 radical (unpaired) electrons. The van der Waals surface area contributed by atoms with E-state index >= 15 is 0 Å². The molecule has 7 unspecified atom stereocenters. The number of fused-ring (bicyclic) bond motifs is 3. The van der Waals surface area contributed by atoms with Gasteiger partial charge in [-0.15, -0.1) is 9.24 Å². The summed E-state index contributed by atoms with van der Waals surface area (Å²) in [6.07, 6.45) is 5.53. The average molecular weight is 385 g/mol. The van der Waals surface area contributed by atoms with Gasteiger partial charge in [0.2, 0.25) is 0 Å². The van der Waals surface area contributed by atoms with Crippen molar-refractivity contribution in [1.82, 2.24) is 4.90 Å². The van der Waals surface area contributed by atoms with Crippen LogP contribution < -0.4 is 0 Å². The van der Waals surface area contributed by atoms with Crippen molar-refractivity contribution >= 4 is 15.0 Å². The van der Waals surface area contributed by atoms with Crippen LogP contribution in [0.15, 0.2) is 12.1 Å². The zero-order valence-electron chi connectivity index (χ0n) is 17.0. The van der Waals surface area contributed by atoms with Crippen LogP contribution in [0.4, 0.5) is 0 Å². The van der Waals surface area contributed by atoms with E-state index in [0.717, 1.165) is 37.8 Å². The third kappa shape index (κ3) is 1.85. The molecule has 1 aromatic rings. The fourth-order valence-electron chi connectivity index (χ4n) is 8.30. The monoisotopic (exact) mass is 385 g/mol. The highest BCUT2D eigenvalue weighted by Gasteiger charge is 2.74. The Morgan fingerprint density at radius 2 is 2.04 bits per heavy atom. The smallest absolute Gasteiger partial charge is 0.133 e. The number of Topliss-reactive ketones (excluding diaryl/α,β-unsaturated/α-hetero) is 1. The maximum Gasteiger partial charge on any atom is 0.133 e. The van der Waals surface area contributed by atoms with Gasteiger partial charge in [0.15, 0.2) is 0 Å². The van der Waals surface area contributed by atoms with E-state index in [0.29, 0.717) is 23.5 Å². The molecule has 1 saturated heterocycles. The molecule has 4 bridgehead atoms. The second-order valence-electron chi connectivity index (χ2n) is 10.0. The summed E-state index contributed by atoms with van der Waals surface area (Å²) in [6, 6.07) is 4.56. The molecule has 3 nitrogen and oxygen atoms in total. The predicted octanol–water partition coefficient (Wildman–Crippen LogP) is 3.84. The van der Waals surface area contributed by atoms with Crippen molar-refractivity contribution in [3.8, 4) is 5.75 Å². The first-order valence-electron chi connectivity index (χ1n) is 10.5. The Kier molecular flexibility index (Phi) is 3.60. The first-order chi connectivity index (χ1) is 12.7. The van der Waals surface area contributed by atoms with E-state index in [2.05, 4.69) is 41.1 Å². The summed E-state index contributed by atoms with van der Waals surface area (Å²) in [5, 5.41) is 10.6. The summed E-state index contributed by atoms with van der Waals surface area (Å²) in [5.74, 6) is 1.37. The van der Waals surface area contributed by atoms with Crippen LogP contribution in [-0.2, 0) is 16.6 Å². The van der Waals surface area contributed by atoms with Crippen LogP contribution >= 0.6 is 9.24 Å². The molecule has 27 heavy (non-hydrogen) atoms. The molecule has 6 rings (SSSR count). The number of piperidine rings is 1. The minimum absolute atomic E-state index is 0.0133. The van der Waals surface area contributed by atoms with Gasteiger partial charge >= 0.3 is 0 Å². The van der Waals surface area contributed by atoms with Crippen molar-refractivity contribution in [2.75, 3.05) is 13.6 Å². The summed E-state index contributed by atoms with van der Waals surface area (Å²) < 4.78 is 0. The number of phenolic OH excluding ortho intramolecular Hbond substituents is 1. The molecule has 7 atom stereocenters. The average Bonchev–Trinajstić information content (AvgIpc) is 2.62. The number of phenols is 1. The van der Waals surface area contributed by atoms with Crippen LogP contribution in [0, 0.1) is 24.2 Å². The quantitative estimate of drug-likeness (QED) is 0.747. The number of aromatic hydroxyl groups is 1. The number of ketones is 1. The molecule has 1 spiro atoms. The van der Waals surface area contributed by atoms with E-state index in [-0.39, 0.29) is 21.9 Å². The number of nitrogens with zero attached hydrogens (tertiary/aromatic N) is 1. The van der Waals surface area contributed by atoms with Crippen molar-refractivity contribution in [1.29, 1.82) is 0 Å². The van der Waals surface area contributed by atoms with E-state index in [4.69, 9.17) is 0 Å². The van der Waals surface area contributed by atoms with Crippen molar-refractivity contribution in [2.45, 2.75) is 69.5 Å². The Morgan fingerprint density at radius 1 is 1.30 bits per heavy atom. The van der Waals surface area contributed by atoms with Gasteiger partial charge in [-0.1, -0.05) is 13.0 Å². The molecule has 146 valence electrons. The summed E-state index contributed by atoms with van der Waals surface area (Å²) in [7, 11) is 5.46. The lowest BCUT2D eigenvalue weighted by atomic mass is 9.32. The minimum atomic E-state index is -0.0133. The van der Waals surface area contributed by atoms with Crippen LogP contribution in [-0.4, -0.2) is 40.6 Å². The lowest BCUT2D eigenvalue weighted by molar-refractivity contribution is -0.180. The lowest BCUT2D eigenvalue weighted by Crippen LogP contribution is -2.77. The zero-order valence-corrected chi connectivity index (χ0v) is 18.2. The van der Waals surface area contributed by atoms with Gasteiger partial charge in [-0.05, 0) is 98.8 Å². The number of hydrogen-bond acceptors (Lipinski definition) is 3. The fourth-order valence-corrected chi connectivity index (χ4v) is 9.08. The van der Waals surface area contributed by atoms with Crippen molar-refractivity contribution < 1.29 is 9.90 Å². The largest absolute Gasteiger partial charge is 0.508 e. The molecule has 4 fully saturated rings. The Bertz CT molecular complexity index is 853. The number of rotatable bonds is 1.